The lowest BCUT2D eigenvalue weighted by Crippen LogP contribution is -2.45. The first-order valence-corrected chi connectivity index (χ1v) is 8.06. The third-order valence-electron chi connectivity index (χ3n) is 4.38. The van der Waals surface area contributed by atoms with Gasteiger partial charge in [0.15, 0.2) is 5.65 Å². The van der Waals surface area contributed by atoms with Crippen LogP contribution >= 0.6 is 11.6 Å². The molecule has 132 valence electrons. The van der Waals surface area contributed by atoms with Crippen LogP contribution in [0, 0.1) is 0 Å². The second-order valence-electron chi connectivity index (χ2n) is 6.04. The van der Waals surface area contributed by atoms with Gasteiger partial charge in [0.05, 0.1) is 16.1 Å². The number of fused-ring (bicyclic) bond motifs is 3. The zero-order chi connectivity index (χ0) is 17.8. The molecule has 1 aromatic carbocycles. The fraction of sp³-hybridized carbons (Fsp3) is 0.400. The molecule has 1 aliphatic rings. The summed E-state index contributed by atoms with van der Waals surface area (Å²) in [5, 5.41) is 4.05. The summed E-state index contributed by atoms with van der Waals surface area (Å²) in [6.07, 6.45) is -3.23. The standard InChI is InChI=1S/C15H14ClF3N6/c1-23-2-4-24(5-3-23)14-22-12-7-11(16)10(15(17,18)19)6-9(12)13-20-8-21-25(13)14/h6-8H,2-5H2,1H3. The van der Waals surface area contributed by atoms with Crippen molar-refractivity contribution in [2.45, 2.75) is 6.18 Å². The number of alkyl halides is 3. The number of hydrogen-bond acceptors (Lipinski definition) is 5. The Labute approximate surface area is 145 Å². The van der Waals surface area contributed by atoms with E-state index in [1.807, 2.05) is 11.9 Å². The molecule has 0 saturated carbocycles. The molecule has 10 heteroatoms. The van der Waals surface area contributed by atoms with E-state index in [4.69, 9.17) is 11.6 Å². The van der Waals surface area contributed by atoms with Gasteiger partial charge in [0, 0.05) is 31.6 Å². The normalized spacial score (nSPS) is 16.9. The lowest BCUT2D eigenvalue weighted by molar-refractivity contribution is -0.137. The van der Waals surface area contributed by atoms with Gasteiger partial charge in [-0.05, 0) is 19.2 Å². The summed E-state index contributed by atoms with van der Waals surface area (Å²) in [5.41, 5.74) is -0.200. The van der Waals surface area contributed by atoms with E-state index in [-0.39, 0.29) is 10.4 Å². The Morgan fingerprint density at radius 3 is 2.52 bits per heavy atom. The number of nitrogens with zero attached hydrogens (tertiary/aromatic N) is 6. The van der Waals surface area contributed by atoms with Crippen LogP contribution in [0.4, 0.5) is 19.1 Å². The highest BCUT2D eigenvalue weighted by molar-refractivity contribution is 6.32. The summed E-state index contributed by atoms with van der Waals surface area (Å²) in [4.78, 5) is 12.9. The molecular weight excluding hydrogens is 357 g/mol. The van der Waals surface area contributed by atoms with Crippen molar-refractivity contribution in [3.05, 3.63) is 29.0 Å². The zero-order valence-corrected chi connectivity index (χ0v) is 14.0. The minimum Gasteiger partial charge on any atom is -0.338 e. The van der Waals surface area contributed by atoms with Crippen molar-refractivity contribution >= 4 is 34.1 Å². The summed E-state index contributed by atoms with van der Waals surface area (Å²) >= 11 is 5.85. The number of rotatable bonds is 1. The minimum atomic E-state index is -4.54. The van der Waals surface area contributed by atoms with Crippen molar-refractivity contribution in [2.24, 2.45) is 0 Å². The summed E-state index contributed by atoms with van der Waals surface area (Å²) in [6.45, 7) is 3.23. The van der Waals surface area contributed by atoms with Crippen LogP contribution in [0.15, 0.2) is 18.5 Å². The maximum atomic E-state index is 13.1. The average molecular weight is 371 g/mol. The molecule has 1 aliphatic heterocycles. The van der Waals surface area contributed by atoms with Gasteiger partial charge in [-0.25, -0.2) is 9.97 Å². The van der Waals surface area contributed by atoms with Gasteiger partial charge < -0.3 is 9.80 Å². The Kier molecular flexibility index (Phi) is 3.73. The van der Waals surface area contributed by atoms with Crippen molar-refractivity contribution < 1.29 is 13.2 Å². The number of anilines is 1. The second kappa shape index (κ2) is 5.70. The van der Waals surface area contributed by atoms with Gasteiger partial charge in [0.2, 0.25) is 5.95 Å². The smallest absolute Gasteiger partial charge is 0.338 e. The molecule has 3 heterocycles. The van der Waals surface area contributed by atoms with E-state index in [2.05, 4.69) is 20.0 Å². The van der Waals surface area contributed by atoms with Crippen LogP contribution in [0.5, 0.6) is 0 Å². The predicted octanol–water partition coefficient (Wildman–Crippen LogP) is 2.70. The highest BCUT2D eigenvalue weighted by Gasteiger charge is 2.34. The van der Waals surface area contributed by atoms with Crippen molar-refractivity contribution in [1.29, 1.82) is 0 Å². The van der Waals surface area contributed by atoms with Crippen LogP contribution < -0.4 is 4.90 Å². The third kappa shape index (κ3) is 2.77. The molecule has 0 aliphatic carbocycles. The predicted molar refractivity (Wildman–Crippen MR) is 88.0 cm³/mol. The van der Waals surface area contributed by atoms with E-state index < -0.39 is 11.7 Å². The Morgan fingerprint density at radius 1 is 1.12 bits per heavy atom. The van der Waals surface area contributed by atoms with Crippen molar-refractivity contribution in [1.82, 2.24) is 24.5 Å². The van der Waals surface area contributed by atoms with Gasteiger partial charge in [0.25, 0.3) is 0 Å². The molecule has 1 fully saturated rings. The fourth-order valence-electron chi connectivity index (χ4n) is 2.99. The van der Waals surface area contributed by atoms with Crippen molar-refractivity contribution in [3.8, 4) is 0 Å². The molecule has 2 aromatic heterocycles. The van der Waals surface area contributed by atoms with Crippen LogP contribution in [0.2, 0.25) is 5.02 Å². The molecule has 0 radical (unpaired) electrons. The van der Waals surface area contributed by atoms with Crippen molar-refractivity contribution in [3.63, 3.8) is 0 Å². The van der Waals surface area contributed by atoms with Gasteiger partial charge in [-0.2, -0.15) is 22.8 Å². The molecule has 0 spiro atoms. The monoisotopic (exact) mass is 370 g/mol. The van der Waals surface area contributed by atoms with Gasteiger partial charge >= 0.3 is 6.18 Å². The largest absolute Gasteiger partial charge is 0.417 e. The molecule has 0 amide bonds. The van der Waals surface area contributed by atoms with Gasteiger partial charge in [0.1, 0.15) is 6.33 Å². The van der Waals surface area contributed by atoms with E-state index in [1.54, 1.807) is 0 Å². The molecule has 3 aromatic rings. The average Bonchev–Trinajstić information content (AvgIpc) is 3.03. The topological polar surface area (TPSA) is 49.6 Å². The number of benzene rings is 1. The van der Waals surface area contributed by atoms with Gasteiger partial charge in [-0.3, -0.25) is 0 Å². The van der Waals surface area contributed by atoms with E-state index in [1.165, 1.54) is 16.9 Å². The quantitative estimate of drug-likeness (QED) is 0.659. The number of piperazine rings is 1. The summed E-state index contributed by atoms with van der Waals surface area (Å²) in [7, 11) is 2.04. The van der Waals surface area contributed by atoms with Gasteiger partial charge in [-0.15, -0.1) is 0 Å². The van der Waals surface area contributed by atoms with E-state index >= 15 is 0 Å². The van der Waals surface area contributed by atoms with Crippen LogP contribution in [-0.2, 0) is 6.18 Å². The lowest BCUT2D eigenvalue weighted by Gasteiger charge is -2.33. The van der Waals surface area contributed by atoms with E-state index in [9.17, 15) is 13.2 Å². The molecule has 0 unspecified atom stereocenters. The maximum Gasteiger partial charge on any atom is 0.417 e. The number of hydrogen-bond donors (Lipinski definition) is 0. The van der Waals surface area contributed by atoms with Gasteiger partial charge in [-0.1, -0.05) is 11.6 Å². The number of halogens is 4. The Balaban J connectivity index is 1.93. The number of likely N-dealkylation sites (N-methyl/N-ethyl adjacent to an activating group) is 1. The zero-order valence-electron chi connectivity index (χ0n) is 13.3. The second-order valence-corrected chi connectivity index (χ2v) is 6.45. The molecule has 6 nitrogen and oxygen atoms in total. The molecule has 25 heavy (non-hydrogen) atoms. The molecule has 4 rings (SSSR count). The molecule has 0 bridgehead atoms. The summed E-state index contributed by atoms with van der Waals surface area (Å²) in [5.74, 6) is 0.559. The SMILES string of the molecule is CN1CCN(c2nc3cc(Cl)c(C(F)(F)F)cc3c3ncnn23)CC1. The van der Waals surface area contributed by atoms with Crippen LogP contribution in [0.3, 0.4) is 0 Å². The first kappa shape index (κ1) is 16.3. The maximum absolute atomic E-state index is 13.1. The highest BCUT2D eigenvalue weighted by atomic mass is 35.5. The van der Waals surface area contributed by atoms with Crippen LogP contribution in [0.1, 0.15) is 5.56 Å². The Bertz CT molecular complexity index is 946. The number of aromatic nitrogens is 4. The molecule has 0 N–H and O–H groups in total. The molecule has 1 saturated heterocycles. The minimum absolute atomic E-state index is 0.270. The lowest BCUT2D eigenvalue weighted by atomic mass is 10.1. The summed E-state index contributed by atoms with van der Waals surface area (Å²) in [6, 6.07) is 2.23. The Hall–Kier alpha value is -2.13. The molecule has 0 atom stereocenters. The first-order valence-electron chi connectivity index (χ1n) is 7.68. The highest BCUT2D eigenvalue weighted by Crippen LogP contribution is 2.38. The third-order valence-corrected chi connectivity index (χ3v) is 4.69. The van der Waals surface area contributed by atoms with E-state index in [0.717, 1.165) is 32.2 Å². The van der Waals surface area contributed by atoms with Crippen molar-refractivity contribution in [2.75, 3.05) is 38.1 Å². The molecular formula is C15H14ClF3N6. The summed E-state index contributed by atoms with van der Waals surface area (Å²) < 4.78 is 40.9. The van der Waals surface area contributed by atoms with Crippen LogP contribution in [0.25, 0.3) is 16.6 Å². The Morgan fingerprint density at radius 2 is 1.84 bits per heavy atom. The van der Waals surface area contributed by atoms with Crippen LogP contribution in [-0.4, -0.2) is 57.7 Å². The fourth-order valence-corrected chi connectivity index (χ4v) is 3.25. The first-order chi connectivity index (χ1) is 11.8. The van der Waals surface area contributed by atoms with E-state index in [0.29, 0.717) is 17.1 Å².